The van der Waals surface area contributed by atoms with Gasteiger partial charge in [0.1, 0.15) is 0 Å². The summed E-state index contributed by atoms with van der Waals surface area (Å²) in [4.78, 5) is 1.08. The first-order valence-corrected chi connectivity index (χ1v) is 7.24. The molecule has 0 radical (unpaired) electrons. The van der Waals surface area contributed by atoms with Crippen LogP contribution in [0.4, 0.5) is 0 Å². The van der Waals surface area contributed by atoms with Crippen molar-refractivity contribution in [3.05, 3.63) is 30.3 Å². The third kappa shape index (κ3) is 4.82. The zero-order valence-corrected chi connectivity index (χ0v) is 10.5. The Hall–Kier alpha value is -0.280. The van der Waals surface area contributed by atoms with Gasteiger partial charge in [-0.25, -0.2) is 4.21 Å². The fourth-order valence-corrected chi connectivity index (χ4v) is 4.43. The van der Waals surface area contributed by atoms with Gasteiger partial charge in [0.2, 0.25) is 0 Å². The molecule has 0 saturated heterocycles. The zero-order chi connectivity index (χ0) is 10.6. The zero-order valence-electron chi connectivity index (χ0n) is 8.82. The van der Waals surface area contributed by atoms with Crippen LogP contribution in [0.3, 0.4) is 0 Å². The van der Waals surface area contributed by atoms with E-state index >= 15 is 0 Å². The topological polar surface area (TPSA) is 17.1 Å². The minimum absolute atomic E-state index is 0.132. The van der Waals surface area contributed by atoms with Gasteiger partial charge in [0, 0.05) is 10.6 Å². The highest BCUT2D eigenvalue weighted by Gasteiger charge is 2.15. The molecule has 1 rings (SSSR count). The Labute approximate surface area is 92.2 Å². The Kier molecular flexibility index (Phi) is 4.20. The first-order chi connectivity index (χ1) is 6.47. The summed E-state index contributed by atoms with van der Waals surface area (Å²) in [5.41, 5.74) is 0.132. The van der Waals surface area contributed by atoms with Crippen LogP contribution in [0.15, 0.2) is 35.2 Å². The second kappa shape index (κ2) is 4.99. The summed E-state index contributed by atoms with van der Waals surface area (Å²) in [5, 5.41) is 0. The van der Waals surface area contributed by atoms with E-state index in [2.05, 4.69) is 20.8 Å². The normalized spacial score (nSPS) is 13.9. The van der Waals surface area contributed by atoms with Gasteiger partial charge < -0.3 is 0 Å². The molecule has 0 aliphatic carbocycles. The molecule has 14 heavy (non-hydrogen) atoms. The highest BCUT2D eigenvalue weighted by atomic mass is 33.1. The van der Waals surface area contributed by atoms with E-state index in [0.717, 1.165) is 10.6 Å². The molecule has 1 atom stereocenters. The van der Waals surface area contributed by atoms with Gasteiger partial charge in [-0.15, -0.1) is 0 Å². The van der Waals surface area contributed by atoms with Crippen molar-refractivity contribution in [2.45, 2.75) is 25.7 Å². The van der Waals surface area contributed by atoms with Crippen LogP contribution in [0.1, 0.15) is 20.8 Å². The van der Waals surface area contributed by atoms with Crippen LogP contribution in [-0.4, -0.2) is 9.96 Å². The summed E-state index contributed by atoms with van der Waals surface area (Å²) in [6.07, 6.45) is 0. The second-order valence-corrected chi connectivity index (χ2v) is 7.55. The highest BCUT2D eigenvalue weighted by molar-refractivity contribution is 8.69. The van der Waals surface area contributed by atoms with Crippen LogP contribution in [0.2, 0.25) is 0 Å². The van der Waals surface area contributed by atoms with Crippen molar-refractivity contribution < 1.29 is 4.21 Å². The molecule has 1 aromatic carbocycles. The van der Waals surface area contributed by atoms with Crippen molar-refractivity contribution in [1.29, 1.82) is 0 Å². The molecule has 0 spiro atoms. The Balaban J connectivity index is 2.50. The monoisotopic (exact) mass is 228 g/mol. The predicted octanol–water partition coefficient (Wildman–Crippen LogP) is 3.49. The third-order valence-corrected chi connectivity index (χ3v) is 4.72. The molecule has 78 valence electrons. The van der Waals surface area contributed by atoms with Gasteiger partial charge in [-0.3, -0.25) is 0 Å². The van der Waals surface area contributed by atoms with Crippen LogP contribution in [0, 0.1) is 5.41 Å². The van der Waals surface area contributed by atoms with Crippen LogP contribution >= 0.6 is 10.8 Å². The predicted molar refractivity (Wildman–Crippen MR) is 64.8 cm³/mol. The number of hydrogen-bond donors (Lipinski definition) is 0. The Morgan fingerprint density at radius 3 is 2.29 bits per heavy atom. The summed E-state index contributed by atoms with van der Waals surface area (Å²) < 4.78 is 11.7. The van der Waals surface area contributed by atoms with Crippen molar-refractivity contribution in [3.8, 4) is 0 Å². The fourth-order valence-electron chi connectivity index (χ4n) is 0.966. The third-order valence-electron chi connectivity index (χ3n) is 1.48. The highest BCUT2D eigenvalue weighted by Crippen LogP contribution is 2.26. The van der Waals surface area contributed by atoms with E-state index in [9.17, 15) is 4.21 Å². The quantitative estimate of drug-likeness (QED) is 0.737. The molecular formula is C11H16OS2. The second-order valence-electron chi connectivity index (χ2n) is 4.41. The molecule has 0 N–H and O–H groups in total. The SMILES string of the molecule is CC(C)(C)CS(=O)Sc1ccccc1. The van der Waals surface area contributed by atoms with E-state index in [1.165, 1.54) is 10.8 Å². The Morgan fingerprint density at radius 1 is 1.21 bits per heavy atom. The molecule has 3 heteroatoms. The van der Waals surface area contributed by atoms with E-state index in [4.69, 9.17) is 0 Å². The minimum atomic E-state index is -0.824. The molecule has 0 amide bonds. The van der Waals surface area contributed by atoms with Crippen molar-refractivity contribution in [1.82, 2.24) is 0 Å². The summed E-state index contributed by atoms with van der Waals surface area (Å²) >= 11 is 0. The van der Waals surface area contributed by atoms with Crippen molar-refractivity contribution >= 4 is 20.6 Å². The lowest BCUT2D eigenvalue weighted by molar-refractivity contribution is 0.476. The average Bonchev–Trinajstić information content (AvgIpc) is 2.02. The molecule has 0 aliphatic rings. The van der Waals surface area contributed by atoms with Gasteiger partial charge in [0.15, 0.2) is 0 Å². The molecule has 1 nitrogen and oxygen atoms in total. The van der Waals surface area contributed by atoms with Crippen molar-refractivity contribution in [2.24, 2.45) is 5.41 Å². The summed E-state index contributed by atoms with van der Waals surface area (Å²) in [5.74, 6) is 0.729. The molecule has 0 bridgehead atoms. The summed E-state index contributed by atoms with van der Waals surface area (Å²) in [6, 6.07) is 9.89. The lowest BCUT2D eigenvalue weighted by atomic mass is 10.0. The summed E-state index contributed by atoms with van der Waals surface area (Å²) in [6.45, 7) is 6.32. The van der Waals surface area contributed by atoms with Crippen LogP contribution in [-0.2, 0) is 9.83 Å². The Bertz CT molecular complexity index is 301. The molecular weight excluding hydrogens is 212 g/mol. The molecule has 0 heterocycles. The molecule has 0 saturated carbocycles. The maximum atomic E-state index is 11.7. The average molecular weight is 228 g/mol. The minimum Gasteiger partial charge on any atom is -0.248 e. The van der Waals surface area contributed by atoms with Gasteiger partial charge >= 0.3 is 0 Å². The molecule has 0 fully saturated rings. The lowest BCUT2D eigenvalue weighted by Crippen LogP contribution is -2.14. The number of rotatable bonds is 3. The van der Waals surface area contributed by atoms with Gasteiger partial charge in [-0.2, -0.15) is 0 Å². The van der Waals surface area contributed by atoms with E-state index in [0.29, 0.717) is 0 Å². The van der Waals surface area contributed by atoms with E-state index in [1.807, 2.05) is 30.3 Å². The van der Waals surface area contributed by atoms with Gasteiger partial charge in [0.05, 0.1) is 9.83 Å². The van der Waals surface area contributed by atoms with Gasteiger partial charge in [-0.1, -0.05) is 39.0 Å². The number of hydrogen-bond acceptors (Lipinski definition) is 2. The Morgan fingerprint density at radius 2 is 1.79 bits per heavy atom. The largest absolute Gasteiger partial charge is 0.248 e. The lowest BCUT2D eigenvalue weighted by Gasteiger charge is -2.16. The van der Waals surface area contributed by atoms with Gasteiger partial charge in [-0.05, 0) is 28.3 Å². The van der Waals surface area contributed by atoms with Gasteiger partial charge in [0.25, 0.3) is 0 Å². The fraction of sp³-hybridized carbons (Fsp3) is 0.455. The van der Waals surface area contributed by atoms with Crippen molar-refractivity contribution in [3.63, 3.8) is 0 Å². The molecule has 1 aromatic rings. The first kappa shape index (κ1) is 11.8. The maximum absolute atomic E-state index is 11.7. The smallest absolute Gasteiger partial charge is 0.0857 e. The van der Waals surface area contributed by atoms with Crippen LogP contribution in [0.25, 0.3) is 0 Å². The molecule has 0 aromatic heterocycles. The van der Waals surface area contributed by atoms with Crippen LogP contribution in [0.5, 0.6) is 0 Å². The van der Waals surface area contributed by atoms with E-state index < -0.39 is 9.83 Å². The van der Waals surface area contributed by atoms with Crippen LogP contribution < -0.4 is 0 Å². The first-order valence-electron chi connectivity index (χ1n) is 4.59. The molecule has 0 aliphatic heterocycles. The maximum Gasteiger partial charge on any atom is 0.0857 e. The summed E-state index contributed by atoms with van der Waals surface area (Å²) in [7, 11) is 0.619. The number of benzene rings is 1. The van der Waals surface area contributed by atoms with Crippen molar-refractivity contribution in [2.75, 3.05) is 5.75 Å². The van der Waals surface area contributed by atoms with E-state index in [-0.39, 0.29) is 5.41 Å². The standard InChI is InChI=1S/C11H16OS2/c1-11(2,3)9-14(12)13-10-7-5-4-6-8-10/h4-8H,9H2,1-3H3. The van der Waals surface area contributed by atoms with E-state index in [1.54, 1.807) is 0 Å². The molecule has 1 unspecified atom stereocenters.